The van der Waals surface area contributed by atoms with Crippen LogP contribution in [0.3, 0.4) is 0 Å². The van der Waals surface area contributed by atoms with Crippen LogP contribution in [0.15, 0.2) is 192 Å². The van der Waals surface area contributed by atoms with Crippen LogP contribution in [0.5, 0.6) is 0 Å². The molecule has 8 aromatic carbocycles. The minimum Gasteiger partial charge on any atom is -0.456 e. The van der Waals surface area contributed by atoms with Gasteiger partial charge in [0.05, 0.1) is 15.9 Å². The van der Waals surface area contributed by atoms with E-state index in [0.717, 1.165) is 76.6 Å². The van der Waals surface area contributed by atoms with Crippen LogP contribution in [-0.4, -0.2) is 24.9 Å². The van der Waals surface area contributed by atoms with Crippen molar-refractivity contribution in [2.75, 3.05) is 0 Å². The summed E-state index contributed by atoms with van der Waals surface area (Å²) in [5.41, 5.74) is 10.1. The maximum Gasteiger partial charge on any atom is 0.164 e. The van der Waals surface area contributed by atoms with Gasteiger partial charge in [-0.3, -0.25) is 0 Å². The van der Waals surface area contributed by atoms with Crippen molar-refractivity contribution in [1.29, 1.82) is 0 Å². The lowest BCUT2D eigenvalue weighted by atomic mass is 10.00. The van der Waals surface area contributed by atoms with Crippen LogP contribution in [0.4, 0.5) is 0 Å². The Bertz CT molecular complexity index is 3930. The molecule has 0 atom stereocenters. The normalized spacial score (nSPS) is 11.8. The monoisotopic (exact) mass is 841 g/mol. The Kier molecular flexibility index (Phi) is 8.15. The fourth-order valence-electron chi connectivity index (χ4n) is 8.88. The fourth-order valence-corrected chi connectivity index (χ4v) is 11.3. The molecule has 294 valence electrons. The van der Waals surface area contributed by atoms with Gasteiger partial charge in [-0.2, -0.15) is 0 Å². The number of hydrogen-bond donors (Lipinski definition) is 0. The first-order chi connectivity index (χ1) is 31.2. The zero-order valence-electron chi connectivity index (χ0n) is 33.4. The zero-order valence-corrected chi connectivity index (χ0v) is 35.0. The third-order valence-electron chi connectivity index (χ3n) is 11.8. The lowest BCUT2D eigenvalue weighted by molar-refractivity contribution is 0.669. The topological polar surface area (TPSA) is 77.6 Å². The molecule has 0 saturated heterocycles. The number of hydrogen-bond acceptors (Lipinski definition) is 8. The third-order valence-corrected chi connectivity index (χ3v) is 14.2. The average molecular weight is 842 g/mol. The van der Waals surface area contributed by atoms with E-state index < -0.39 is 0 Å². The van der Waals surface area contributed by atoms with E-state index in [4.69, 9.17) is 29.3 Å². The minimum atomic E-state index is 0.546. The van der Waals surface area contributed by atoms with Crippen molar-refractivity contribution in [3.8, 4) is 67.9 Å². The van der Waals surface area contributed by atoms with Gasteiger partial charge in [0, 0.05) is 68.8 Å². The standard InChI is InChI=1S/C55H31N5OS2/c1-3-15-32(16-4-1)48-51-49(39-22-8-10-30-45(39)63-51)57-54(56-48)40-25-13-27-42-46(40)47-41(26-14-28-43(47)61-42)55-59-52(33-17-5-2-6-18-33)58-53(60-55)35-20-11-19-34(31-35)36-23-12-24-38-37-21-7-9-29-44(37)62-50(36)38/h1-31H. The summed E-state index contributed by atoms with van der Waals surface area (Å²) in [4.78, 5) is 26.4. The van der Waals surface area contributed by atoms with Gasteiger partial charge in [-0.1, -0.05) is 158 Å². The highest BCUT2D eigenvalue weighted by molar-refractivity contribution is 7.26. The van der Waals surface area contributed by atoms with E-state index in [0.29, 0.717) is 23.3 Å². The van der Waals surface area contributed by atoms with Crippen LogP contribution in [0.2, 0.25) is 0 Å². The fraction of sp³-hybridized carbons (Fsp3) is 0. The number of fused-ring (bicyclic) bond motifs is 9. The molecule has 0 aliphatic rings. The molecule has 63 heavy (non-hydrogen) atoms. The molecule has 5 aromatic heterocycles. The molecule has 0 saturated carbocycles. The highest BCUT2D eigenvalue weighted by atomic mass is 32.1. The molecular formula is C55H31N5OS2. The Morgan fingerprint density at radius 2 is 0.841 bits per heavy atom. The van der Waals surface area contributed by atoms with E-state index in [1.54, 1.807) is 11.3 Å². The van der Waals surface area contributed by atoms with E-state index >= 15 is 0 Å². The number of nitrogens with zero attached hydrogens (tertiary/aromatic N) is 5. The summed E-state index contributed by atoms with van der Waals surface area (Å²) in [5.74, 6) is 2.34. The molecule has 0 N–H and O–H groups in total. The lowest BCUT2D eigenvalue weighted by Gasteiger charge is -2.11. The molecule has 0 bridgehead atoms. The largest absolute Gasteiger partial charge is 0.456 e. The van der Waals surface area contributed by atoms with Crippen molar-refractivity contribution >= 4 is 85.1 Å². The van der Waals surface area contributed by atoms with Crippen LogP contribution >= 0.6 is 22.7 Å². The van der Waals surface area contributed by atoms with Crippen molar-refractivity contribution in [2.45, 2.75) is 0 Å². The van der Waals surface area contributed by atoms with Crippen LogP contribution in [0.25, 0.3) is 130 Å². The van der Waals surface area contributed by atoms with Gasteiger partial charge in [0.25, 0.3) is 0 Å². The summed E-state index contributed by atoms with van der Waals surface area (Å²) in [6, 6.07) is 64.9. The van der Waals surface area contributed by atoms with Gasteiger partial charge < -0.3 is 4.42 Å². The van der Waals surface area contributed by atoms with E-state index in [1.807, 2.05) is 72.0 Å². The molecule has 5 heterocycles. The van der Waals surface area contributed by atoms with Crippen molar-refractivity contribution < 1.29 is 4.42 Å². The number of thiophene rings is 2. The molecule has 8 heteroatoms. The summed E-state index contributed by atoms with van der Waals surface area (Å²) < 4.78 is 11.4. The van der Waals surface area contributed by atoms with E-state index in [-0.39, 0.29) is 0 Å². The molecule has 6 nitrogen and oxygen atoms in total. The molecule has 0 aliphatic carbocycles. The number of aromatic nitrogens is 5. The van der Waals surface area contributed by atoms with Gasteiger partial charge in [0.1, 0.15) is 11.2 Å². The Morgan fingerprint density at radius 1 is 0.333 bits per heavy atom. The van der Waals surface area contributed by atoms with Crippen molar-refractivity contribution in [3.63, 3.8) is 0 Å². The molecule has 0 spiro atoms. The molecule has 0 amide bonds. The van der Waals surface area contributed by atoms with E-state index in [1.165, 1.54) is 30.4 Å². The summed E-state index contributed by atoms with van der Waals surface area (Å²) in [7, 11) is 0. The quantitative estimate of drug-likeness (QED) is 0.166. The lowest BCUT2D eigenvalue weighted by Crippen LogP contribution is -2.00. The first kappa shape index (κ1) is 35.8. The average Bonchev–Trinajstić information content (AvgIpc) is 4.06. The summed E-state index contributed by atoms with van der Waals surface area (Å²) in [6.07, 6.45) is 0. The minimum absolute atomic E-state index is 0.546. The predicted octanol–water partition coefficient (Wildman–Crippen LogP) is 15.3. The molecule has 0 fully saturated rings. The van der Waals surface area contributed by atoms with Crippen molar-refractivity contribution in [3.05, 3.63) is 188 Å². The van der Waals surface area contributed by atoms with Gasteiger partial charge in [-0.25, -0.2) is 24.9 Å². The molecule has 0 unspecified atom stereocenters. The van der Waals surface area contributed by atoms with Crippen LogP contribution in [0, 0.1) is 0 Å². The molecule has 0 radical (unpaired) electrons. The maximum absolute atomic E-state index is 6.66. The second-order valence-corrected chi connectivity index (χ2v) is 17.6. The SMILES string of the molecule is c1ccc(-c2nc(-c3cccc(-c4cccc5c4sc4ccccc45)c3)nc(-c3cccc4oc5cccc(-c6nc(-c7ccccc7)c7sc8ccccc8c7n6)c5c34)n2)cc1. The highest BCUT2D eigenvalue weighted by Crippen LogP contribution is 2.45. The number of rotatable bonds is 6. The number of furan rings is 1. The first-order valence-corrected chi connectivity index (χ1v) is 22.4. The number of benzene rings is 8. The van der Waals surface area contributed by atoms with Gasteiger partial charge >= 0.3 is 0 Å². The molecule has 13 rings (SSSR count). The predicted molar refractivity (Wildman–Crippen MR) is 261 cm³/mol. The first-order valence-electron chi connectivity index (χ1n) is 20.7. The van der Waals surface area contributed by atoms with Gasteiger partial charge in [0.15, 0.2) is 23.3 Å². The van der Waals surface area contributed by atoms with Crippen LogP contribution in [-0.2, 0) is 0 Å². The second-order valence-electron chi connectivity index (χ2n) is 15.5. The zero-order chi connectivity index (χ0) is 41.4. The molecule has 13 aromatic rings. The third kappa shape index (κ3) is 5.87. The smallest absolute Gasteiger partial charge is 0.164 e. The molecular weight excluding hydrogens is 811 g/mol. The van der Waals surface area contributed by atoms with Gasteiger partial charge in [-0.05, 0) is 41.5 Å². The van der Waals surface area contributed by atoms with Gasteiger partial charge in [0.2, 0.25) is 0 Å². The van der Waals surface area contributed by atoms with Crippen molar-refractivity contribution in [2.24, 2.45) is 0 Å². The summed E-state index contributed by atoms with van der Waals surface area (Å²) >= 11 is 3.56. The molecule has 0 aliphatic heterocycles. The second kappa shape index (κ2) is 14.3. The van der Waals surface area contributed by atoms with Gasteiger partial charge in [-0.15, -0.1) is 22.7 Å². The summed E-state index contributed by atoms with van der Waals surface area (Å²) in [5, 5.41) is 5.45. The Hall–Kier alpha value is -7.91. The van der Waals surface area contributed by atoms with Crippen LogP contribution in [0.1, 0.15) is 0 Å². The van der Waals surface area contributed by atoms with E-state index in [9.17, 15) is 0 Å². The van der Waals surface area contributed by atoms with Crippen LogP contribution < -0.4 is 0 Å². The van der Waals surface area contributed by atoms with E-state index in [2.05, 4.69) is 127 Å². The Labute approximate surface area is 368 Å². The summed E-state index contributed by atoms with van der Waals surface area (Å²) in [6.45, 7) is 0. The Balaban J connectivity index is 1.03. The Morgan fingerprint density at radius 3 is 1.59 bits per heavy atom. The maximum atomic E-state index is 6.66. The van der Waals surface area contributed by atoms with Crippen molar-refractivity contribution in [1.82, 2.24) is 24.9 Å². The highest BCUT2D eigenvalue weighted by Gasteiger charge is 2.23.